The van der Waals surface area contributed by atoms with Crippen LogP contribution < -0.4 is 5.32 Å². The summed E-state index contributed by atoms with van der Waals surface area (Å²) in [5, 5.41) is 3.53. The van der Waals surface area contributed by atoms with Crippen LogP contribution in [0, 0.1) is 5.92 Å². The van der Waals surface area contributed by atoms with E-state index in [1.807, 2.05) is 0 Å². The average Bonchev–Trinajstić information content (AvgIpc) is 2.80. The van der Waals surface area contributed by atoms with Gasteiger partial charge in [-0.05, 0) is 63.6 Å². The Hall–Kier alpha value is -1.59. The van der Waals surface area contributed by atoms with Crippen molar-refractivity contribution in [3.63, 3.8) is 0 Å². The number of guanidine groups is 1. The fraction of sp³-hybridized carbons (Fsp3) is 0.720. The number of unbranched alkanes of at least 4 members (excludes halogenated alkanes) is 1. The summed E-state index contributed by atoms with van der Waals surface area (Å²) in [6.07, 6.45) is 6.20. The van der Waals surface area contributed by atoms with Crippen molar-refractivity contribution in [2.24, 2.45) is 10.9 Å². The van der Waals surface area contributed by atoms with Crippen LogP contribution in [-0.2, 0) is 6.42 Å². The molecule has 0 radical (unpaired) electrons. The summed E-state index contributed by atoms with van der Waals surface area (Å²) in [6, 6.07) is 11.0. The third kappa shape index (κ3) is 7.59. The second kappa shape index (κ2) is 13.0. The topological polar surface area (TPSA) is 34.1 Å². The second-order valence-electron chi connectivity index (χ2n) is 8.84. The summed E-state index contributed by atoms with van der Waals surface area (Å²) in [4.78, 5) is 12.6. The van der Waals surface area contributed by atoms with Crippen molar-refractivity contribution in [3.8, 4) is 0 Å². The molecule has 0 aromatic heterocycles. The maximum Gasteiger partial charge on any atom is 0.193 e. The van der Waals surface area contributed by atoms with E-state index in [9.17, 15) is 0 Å². The monoisotopic (exact) mass is 413 g/mol. The van der Waals surface area contributed by atoms with Gasteiger partial charge in [-0.25, -0.2) is 0 Å². The van der Waals surface area contributed by atoms with Crippen molar-refractivity contribution in [1.82, 2.24) is 20.0 Å². The van der Waals surface area contributed by atoms with Crippen LogP contribution in [0.5, 0.6) is 0 Å². The van der Waals surface area contributed by atoms with Crippen LogP contribution in [0.4, 0.5) is 0 Å². The van der Waals surface area contributed by atoms with Crippen molar-refractivity contribution < 1.29 is 0 Å². The molecule has 2 aliphatic rings. The van der Waals surface area contributed by atoms with Crippen LogP contribution in [0.25, 0.3) is 0 Å². The van der Waals surface area contributed by atoms with E-state index in [0.717, 1.165) is 38.1 Å². The maximum absolute atomic E-state index is 4.96. The number of piperazine rings is 1. The molecule has 0 bridgehead atoms. The standard InChI is InChI=1S/C25H43N5/c1-3-26-25(27-14-8-9-15-29-20-18-28(4-2)19-21-29)30-16-12-24(13-17-30)22-23-10-6-5-7-11-23/h5-7,10-11,24H,3-4,8-9,12-22H2,1-2H3,(H,26,27). The van der Waals surface area contributed by atoms with E-state index in [1.165, 1.54) is 76.9 Å². The molecule has 0 amide bonds. The predicted octanol–water partition coefficient (Wildman–Crippen LogP) is 3.32. The van der Waals surface area contributed by atoms with E-state index in [-0.39, 0.29) is 0 Å². The van der Waals surface area contributed by atoms with Crippen molar-refractivity contribution >= 4 is 5.96 Å². The molecule has 168 valence electrons. The smallest absolute Gasteiger partial charge is 0.193 e. The van der Waals surface area contributed by atoms with E-state index in [2.05, 4.69) is 64.2 Å². The Morgan fingerprint density at radius 3 is 2.30 bits per heavy atom. The molecule has 0 aliphatic carbocycles. The van der Waals surface area contributed by atoms with Crippen LogP contribution in [0.3, 0.4) is 0 Å². The van der Waals surface area contributed by atoms with Crippen LogP contribution in [0.15, 0.2) is 35.3 Å². The normalized spacial score (nSPS) is 19.9. The van der Waals surface area contributed by atoms with Gasteiger partial charge in [-0.15, -0.1) is 0 Å². The van der Waals surface area contributed by atoms with Crippen LogP contribution in [0.1, 0.15) is 45.1 Å². The molecule has 1 N–H and O–H groups in total. The van der Waals surface area contributed by atoms with Crippen LogP contribution in [-0.4, -0.2) is 86.1 Å². The number of hydrogen-bond donors (Lipinski definition) is 1. The van der Waals surface area contributed by atoms with Gasteiger partial charge in [-0.2, -0.15) is 0 Å². The lowest BCUT2D eigenvalue weighted by Gasteiger charge is -2.34. The maximum atomic E-state index is 4.96. The van der Waals surface area contributed by atoms with Gasteiger partial charge < -0.3 is 20.0 Å². The van der Waals surface area contributed by atoms with E-state index >= 15 is 0 Å². The minimum absolute atomic E-state index is 0.805. The van der Waals surface area contributed by atoms with Gasteiger partial charge in [0.05, 0.1) is 0 Å². The number of hydrogen-bond acceptors (Lipinski definition) is 3. The predicted molar refractivity (Wildman–Crippen MR) is 128 cm³/mol. The molecule has 0 atom stereocenters. The number of nitrogens with zero attached hydrogens (tertiary/aromatic N) is 4. The highest BCUT2D eigenvalue weighted by Gasteiger charge is 2.21. The largest absolute Gasteiger partial charge is 0.357 e. The minimum Gasteiger partial charge on any atom is -0.357 e. The zero-order valence-corrected chi connectivity index (χ0v) is 19.4. The summed E-state index contributed by atoms with van der Waals surface area (Å²) in [5.41, 5.74) is 1.48. The molecule has 5 nitrogen and oxygen atoms in total. The molecule has 2 saturated heterocycles. The second-order valence-corrected chi connectivity index (χ2v) is 8.84. The Kier molecular flexibility index (Phi) is 9.97. The van der Waals surface area contributed by atoms with Crippen molar-refractivity contribution in [3.05, 3.63) is 35.9 Å². The van der Waals surface area contributed by atoms with Gasteiger partial charge in [-0.3, -0.25) is 4.99 Å². The lowest BCUT2D eigenvalue weighted by Crippen LogP contribution is -2.46. The van der Waals surface area contributed by atoms with Gasteiger partial charge in [0.1, 0.15) is 0 Å². The van der Waals surface area contributed by atoms with Gasteiger partial charge in [-0.1, -0.05) is 37.3 Å². The molecule has 2 fully saturated rings. The molecular weight excluding hydrogens is 370 g/mol. The van der Waals surface area contributed by atoms with E-state index < -0.39 is 0 Å². The number of benzene rings is 1. The molecule has 0 saturated carbocycles. The minimum atomic E-state index is 0.805. The van der Waals surface area contributed by atoms with Gasteiger partial charge in [0.15, 0.2) is 5.96 Å². The van der Waals surface area contributed by atoms with E-state index in [4.69, 9.17) is 4.99 Å². The Morgan fingerprint density at radius 2 is 1.63 bits per heavy atom. The SMILES string of the molecule is CCNC(=NCCCCN1CCN(CC)CC1)N1CCC(Cc2ccccc2)CC1. The van der Waals surface area contributed by atoms with E-state index in [1.54, 1.807) is 0 Å². The van der Waals surface area contributed by atoms with Crippen LogP contribution >= 0.6 is 0 Å². The third-order valence-electron chi connectivity index (χ3n) is 6.67. The first-order chi connectivity index (χ1) is 14.8. The molecule has 5 heteroatoms. The molecule has 2 aliphatic heterocycles. The zero-order chi connectivity index (χ0) is 21.0. The number of likely N-dealkylation sites (N-methyl/N-ethyl adjacent to an activating group) is 1. The summed E-state index contributed by atoms with van der Waals surface area (Å²) < 4.78 is 0. The molecule has 0 spiro atoms. The van der Waals surface area contributed by atoms with Crippen molar-refractivity contribution in [2.45, 2.75) is 46.0 Å². The fourth-order valence-electron chi connectivity index (χ4n) is 4.68. The molecule has 1 aromatic rings. The molecule has 3 rings (SSSR count). The number of nitrogens with one attached hydrogen (secondary N) is 1. The Morgan fingerprint density at radius 1 is 0.933 bits per heavy atom. The highest BCUT2D eigenvalue weighted by Crippen LogP contribution is 2.21. The Labute approximate surface area is 184 Å². The fourth-order valence-corrected chi connectivity index (χ4v) is 4.68. The molecule has 0 unspecified atom stereocenters. The third-order valence-corrected chi connectivity index (χ3v) is 6.67. The van der Waals surface area contributed by atoms with Gasteiger partial charge in [0.2, 0.25) is 0 Å². The summed E-state index contributed by atoms with van der Waals surface area (Å²) in [6.45, 7) is 16.0. The number of likely N-dealkylation sites (tertiary alicyclic amines) is 1. The van der Waals surface area contributed by atoms with Crippen molar-refractivity contribution in [2.75, 3.05) is 65.4 Å². The number of rotatable bonds is 9. The van der Waals surface area contributed by atoms with Gasteiger partial charge in [0, 0.05) is 52.4 Å². The first-order valence-corrected chi connectivity index (χ1v) is 12.3. The molecule has 30 heavy (non-hydrogen) atoms. The average molecular weight is 414 g/mol. The first kappa shape index (κ1) is 23.1. The highest BCUT2D eigenvalue weighted by atomic mass is 15.3. The van der Waals surface area contributed by atoms with Gasteiger partial charge in [0.25, 0.3) is 0 Å². The summed E-state index contributed by atoms with van der Waals surface area (Å²) in [5.74, 6) is 1.94. The highest BCUT2D eigenvalue weighted by molar-refractivity contribution is 5.80. The summed E-state index contributed by atoms with van der Waals surface area (Å²) >= 11 is 0. The Balaban J connectivity index is 1.35. The van der Waals surface area contributed by atoms with Crippen molar-refractivity contribution in [1.29, 1.82) is 0 Å². The van der Waals surface area contributed by atoms with Crippen LogP contribution in [0.2, 0.25) is 0 Å². The molecule has 2 heterocycles. The van der Waals surface area contributed by atoms with Gasteiger partial charge >= 0.3 is 0 Å². The quantitative estimate of drug-likeness (QED) is 0.383. The molecule has 1 aromatic carbocycles. The lowest BCUT2D eigenvalue weighted by molar-refractivity contribution is 0.136. The summed E-state index contributed by atoms with van der Waals surface area (Å²) in [7, 11) is 0. The Bertz CT molecular complexity index is 601. The lowest BCUT2D eigenvalue weighted by atomic mass is 9.90. The first-order valence-electron chi connectivity index (χ1n) is 12.3. The number of aliphatic imine (C=N–C) groups is 1. The zero-order valence-electron chi connectivity index (χ0n) is 19.4. The van der Waals surface area contributed by atoms with E-state index in [0.29, 0.717) is 0 Å². The number of piperidine rings is 1. The molecular formula is C25H43N5.